The Kier molecular flexibility index (Phi) is 4.82. The maximum atomic E-state index is 13.4. The quantitative estimate of drug-likeness (QED) is 0.800. The molecule has 0 aliphatic rings. The third kappa shape index (κ3) is 4.17. The molecule has 2 rings (SSSR count). The number of benzene rings is 1. The molecular formula is C14H11BrF4N2. The molecule has 1 heterocycles. The highest BCUT2D eigenvalue weighted by atomic mass is 79.9. The molecule has 0 radical (unpaired) electrons. The van der Waals surface area contributed by atoms with Gasteiger partial charge in [0.15, 0.2) is 0 Å². The van der Waals surface area contributed by atoms with Crippen molar-refractivity contribution in [2.24, 2.45) is 0 Å². The van der Waals surface area contributed by atoms with Crippen LogP contribution in [-0.2, 0) is 12.6 Å². The van der Waals surface area contributed by atoms with Crippen LogP contribution in [0.15, 0.2) is 41.0 Å². The molecular weight excluding hydrogens is 352 g/mol. The van der Waals surface area contributed by atoms with Gasteiger partial charge in [0.1, 0.15) is 11.6 Å². The third-order valence-electron chi connectivity index (χ3n) is 2.80. The van der Waals surface area contributed by atoms with Gasteiger partial charge < -0.3 is 5.32 Å². The van der Waals surface area contributed by atoms with Crippen LogP contribution in [0.3, 0.4) is 0 Å². The molecule has 0 saturated carbocycles. The summed E-state index contributed by atoms with van der Waals surface area (Å²) in [6, 6.07) is 7.10. The van der Waals surface area contributed by atoms with Gasteiger partial charge in [0.05, 0.1) is 5.56 Å². The summed E-state index contributed by atoms with van der Waals surface area (Å²) < 4.78 is 52.3. The maximum absolute atomic E-state index is 13.4. The van der Waals surface area contributed by atoms with Crippen molar-refractivity contribution in [3.63, 3.8) is 0 Å². The second-order valence-corrected chi connectivity index (χ2v) is 5.23. The molecule has 0 atom stereocenters. The smallest absolute Gasteiger partial charge is 0.369 e. The Morgan fingerprint density at radius 1 is 1.19 bits per heavy atom. The summed E-state index contributed by atoms with van der Waals surface area (Å²) in [6.45, 7) is 0.151. The monoisotopic (exact) mass is 362 g/mol. The minimum absolute atomic E-state index is 0.151. The zero-order valence-corrected chi connectivity index (χ0v) is 12.3. The van der Waals surface area contributed by atoms with Gasteiger partial charge in [-0.15, -0.1) is 0 Å². The summed E-state index contributed by atoms with van der Waals surface area (Å²) in [4.78, 5) is 3.73. The average Bonchev–Trinajstić information content (AvgIpc) is 2.41. The van der Waals surface area contributed by atoms with Gasteiger partial charge in [-0.05, 0) is 40.0 Å². The molecule has 0 spiro atoms. The van der Waals surface area contributed by atoms with Crippen molar-refractivity contribution in [3.8, 4) is 0 Å². The first-order valence-electron chi connectivity index (χ1n) is 6.08. The normalized spacial score (nSPS) is 11.5. The molecule has 1 N–H and O–H groups in total. The molecule has 0 unspecified atom stereocenters. The zero-order valence-electron chi connectivity index (χ0n) is 10.7. The number of alkyl halides is 3. The molecule has 1 aromatic heterocycles. The number of nitrogens with zero attached hydrogens (tertiary/aromatic N) is 1. The number of rotatable bonds is 4. The fourth-order valence-electron chi connectivity index (χ4n) is 1.81. The van der Waals surface area contributed by atoms with Crippen LogP contribution in [0, 0.1) is 5.82 Å². The van der Waals surface area contributed by atoms with Gasteiger partial charge in [0, 0.05) is 17.2 Å². The first-order valence-corrected chi connectivity index (χ1v) is 6.87. The van der Waals surface area contributed by atoms with E-state index < -0.39 is 11.7 Å². The van der Waals surface area contributed by atoms with Crippen LogP contribution in [0.2, 0.25) is 0 Å². The number of anilines is 1. The van der Waals surface area contributed by atoms with Crippen molar-refractivity contribution in [2.45, 2.75) is 12.6 Å². The highest BCUT2D eigenvalue weighted by Crippen LogP contribution is 2.35. The Labute approximate surface area is 127 Å². The lowest BCUT2D eigenvalue weighted by Gasteiger charge is -2.14. The van der Waals surface area contributed by atoms with E-state index in [9.17, 15) is 17.6 Å². The van der Waals surface area contributed by atoms with E-state index in [-0.39, 0.29) is 29.1 Å². The molecule has 112 valence electrons. The Hall–Kier alpha value is -1.63. The van der Waals surface area contributed by atoms with Crippen molar-refractivity contribution in [1.82, 2.24) is 4.98 Å². The van der Waals surface area contributed by atoms with Crippen molar-refractivity contribution < 1.29 is 17.6 Å². The molecule has 1 aromatic carbocycles. The summed E-state index contributed by atoms with van der Waals surface area (Å²) in [5, 5.41) is 2.60. The summed E-state index contributed by atoms with van der Waals surface area (Å²) in [6.07, 6.45) is -2.96. The second-order valence-electron chi connectivity index (χ2n) is 4.32. The van der Waals surface area contributed by atoms with Gasteiger partial charge in [-0.1, -0.05) is 18.2 Å². The molecule has 0 aliphatic carbocycles. The molecule has 21 heavy (non-hydrogen) atoms. The van der Waals surface area contributed by atoms with Crippen molar-refractivity contribution in [3.05, 3.63) is 57.9 Å². The van der Waals surface area contributed by atoms with Gasteiger partial charge in [0.25, 0.3) is 0 Å². The van der Waals surface area contributed by atoms with Gasteiger partial charge >= 0.3 is 6.18 Å². The standard InChI is InChI=1S/C14H11BrF4N2/c15-10-7-11(14(17,18)19)13(21-8-10)20-6-5-9-3-1-2-4-12(9)16/h1-4,7-8H,5-6H2,(H,20,21). The van der Waals surface area contributed by atoms with Crippen LogP contribution in [0.25, 0.3) is 0 Å². The summed E-state index contributed by atoms with van der Waals surface area (Å²) in [5.41, 5.74) is -0.416. The Morgan fingerprint density at radius 3 is 2.57 bits per heavy atom. The largest absolute Gasteiger partial charge is 0.419 e. The number of hydrogen-bond acceptors (Lipinski definition) is 2. The fourth-order valence-corrected chi connectivity index (χ4v) is 2.14. The molecule has 0 amide bonds. The summed E-state index contributed by atoms with van der Waals surface area (Å²) in [5.74, 6) is -0.638. The van der Waals surface area contributed by atoms with E-state index in [4.69, 9.17) is 0 Å². The Balaban J connectivity index is 2.09. The van der Waals surface area contributed by atoms with Crippen LogP contribution >= 0.6 is 15.9 Å². The van der Waals surface area contributed by atoms with Crippen molar-refractivity contribution >= 4 is 21.7 Å². The van der Waals surface area contributed by atoms with Gasteiger partial charge in [-0.25, -0.2) is 9.37 Å². The SMILES string of the molecule is Fc1ccccc1CCNc1ncc(Br)cc1C(F)(F)F. The Bertz CT molecular complexity index is 629. The van der Waals surface area contributed by atoms with E-state index in [1.54, 1.807) is 18.2 Å². The van der Waals surface area contributed by atoms with E-state index >= 15 is 0 Å². The van der Waals surface area contributed by atoms with Crippen LogP contribution in [0.4, 0.5) is 23.4 Å². The van der Waals surface area contributed by atoms with E-state index in [2.05, 4.69) is 26.2 Å². The van der Waals surface area contributed by atoms with E-state index in [0.29, 0.717) is 5.56 Å². The molecule has 0 fully saturated rings. The number of nitrogens with one attached hydrogen (secondary N) is 1. The van der Waals surface area contributed by atoms with Crippen LogP contribution in [-0.4, -0.2) is 11.5 Å². The molecule has 0 saturated heterocycles. The lowest BCUT2D eigenvalue weighted by molar-refractivity contribution is -0.137. The maximum Gasteiger partial charge on any atom is 0.419 e. The Morgan fingerprint density at radius 2 is 1.90 bits per heavy atom. The first-order chi connectivity index (χ1) is 9.88. The van der Waals surface area contributed by atoms with Crippen molar-refractivity contribution in [2.75, 3.05) is 11.9 Å². The summed E-state index contributed by atoms with van der Waals surface area (Å²) in [7, 11) is 0. The second kappa shape index (κ2) is 6.43. The van der Waals surface area contributed by atoms with Gasteiger partial charge in [-0.2, -0.15) is 13.2 Å². The number of aromatic nitrogens is 1. The fraction of sp³-hybridized carbons (Fsp3) is 0.214. The van der Waals surface area contributed by atoms with E-state index in [1.165, 1.54) is 12.3 Å². The molecule has 2 aromatic rings. The van der Waals surface area contributed by atoms with Gasteiger partial charge in [0.2, 0.25) is 0 Å². The average molecular weight is 363 g/mol. The highest BCUT2D eigenvalue weighted by molar-refractivity contribution is 9.10. The number of hydrogen-bond donors (Lipinski definition) is 1. The lowest BCUT2D eigenvalue weighted by Crippen LogP contribution is -2.14. The topological polar surface area (TPSA) is 24.9 Å². The molecule has 0 aliphatic heterocycles. The summed E-state index contributed by atoms with van der Waals surface area (Å²) >= 11 is 2.96. The van der Waals surface area contributed by atoms with Crippen molar-refractivity contribution in [1.29, 1.82) is 0 Å². The number of halogens is 5. The molecule has 0 bridgehead atoms. The zero-order chi connectivity index (χ0) is 15.5. The van der Waals surface area contributed by atoms with E-state index in [0.717, 1.165) is 6.07 Å². The highest BCUT2D eigenvalue weighted by Gasteiger charge is 2.34. The minimum Gasteiger partial charge on any atom is -0.369 e. The predicted molar refractivity (Wildman–Crippen MR) is 75.5 cm³/mol. The third-order valence-corrected chi connectivity index (χ3v) is 3.24. The lowest BCUT2D eigenvalue weighted by atomic mass is 10.1. The number of pyridine rings is 1. The molecule has 2 nitrogen and oxygen atoms in total. The van der Waals surface area contributed by atoms with Gasteiger partial charge in [-0.3, -0.25) is 0 Å². The minimum atomic E-state index is -4.50. The predicted octanol–water partition coefficient (Wildman–Crippen LogP) is 4.66. The van der Waals surface area contributed by atoms with Crippen LogP contribution in [0.1, 0.15) is 11.1 Å². The van der Waals surface area contributed by atoms with E-state index in [1.807, 2.05) is 0 Å². The van der Waals surface area contributed by atoms with Crippen LogP contribution in [0.5, 0.6) is 0 Å². The van der Waals surface area contributed by atoms with Crippen LogP contribution < -0.4 is 5.32 Å². The molecule has 7 heteroatoms. The first kappa shape index (κ1) is 15.8.